The molecule has 90 valence electrons. The number of likely N-dealkylation sites (tertiary alicyclic amines) is 1. The summed E-state index contributed by atoms with van der Waals surface area (Å²) >= 11 is 0. The Bertz CT molecular complexity index is 157. The highest BCUT2D eigenvalue weighted by atomic mass is 15.2. The molecular weight excluding hydrogens is 184 g/mol. The molecule has 0 aliphatic carbocycles. The Morgan fingerprint density at radius 1 is 1.33 bits per heavy atom. The van der Waals surface area contributed by atoms with Crippen molar-refractivity contribution in [1.29, 1.82) is 0 Å². The van der Waals surface area contributed by atoms with Gasteiger partial charge < -0.3 is 10.2 Å². The number of hydrogen-bond acceptors (Lipinski definition) is 2. The Balaban J connectivity index is 1.99. The molecule has 1 aliphatic rings. The quantitative estimate of drug-likeness (QED) is 0.681. The third kappa shape index (κ3) is 5.53. The summed E-state index contributed by atoms with van der Waals surface area (Å²) in [5.74, 6) is 0.777. The van der Waals surface area contributed by atoms with E-state index in [1.165, 1.54) is 45.3 Å². The van der Waals surface area contributed by atoms with Gasteiger partial charge in [-0.3, -0.25) is 0 Å². The number of nitrogens with one attached hydrogen (secondary N) is 1. The average Bonchev–Trinajstić information content (AvgIpc) is 2.20. The largest absolute Gasteiger partial charge is 0.316 e. The van der Waals surface area contributed by atoms with Crippen LogP contribution >= 0.6 is 0 Å². The Morgan fingerprint density at radius 2 is 2.13 bits per heavy atom. The molecule has 2 heteroatoms. The van der Waals surface area contributed by atoms with Crippen LogP contribution in [0.2, 0.25) is 0 Å². The van der Waals surface area contributed by atoms with Gasteiger partial charge in [0.15, 0.2) is 0 Å². The molecule has 1 atom stereocenters. The van der Waals surface area contributed by atoms with E-state index in [1.807, 2.05) is 0 Å². The maximum Gasteiger partial charge on any atom is 0.00669 e. The van der Waals surface area contributed by atoms with Gasteiger partial charge in [0.2, 0.25) is 0 Å². The lowest BCUT2D eigenvalue weighted by atomic mass is 10.0. The molecule has 0 aromatic carbocycles. The zero-order valence-corrected chi connectivity index (χ0v) is 10.8. The first kappa shape index (κ1) is 13.0. The second kappa shape index (κ2) is 7.24. The van der Waals surface area contributed by atoms with Crippen LogP contribution in [0, 0.1) is 5.92 Å². The molecule has 0 aromatic heterocycles. The molecule has 0 amide bonds. The van der Waals surface area contributed by atoms with E-state index in [-0.39, 0.29) is 0 Å². The highest BCUT2D eigenvalue weighted by Gasteiger charge is 2.16. The van der Waals surface area contributed by atoms with Crippen molar-refractivity contribution in [2.24, 2.45) is 5.92 Å². The molecule has 0 aromatic rings. The molecule has 2 nitrogen and oxygen atoms in total. The lowest BCUT2D eigenvalue weighted by Gasteiger charge is -2.33. The molecule has 0 unspecified atom stereocenters. The standard InChI is InChI=1S/C13H28N2/c1-12(2)11-14-8-6-10-15-9-5-4-7-13(15)3/h12-14H,4-11H2,1-3H3/t13-/m0/s1. The van der Waals surface area contributed by atoms with Gasteiger partial charge in [-0.1, -0.05) is 20.3 Å². The van der Waals surface area contributed by atoms with E-state index in [0.29, 0.717) is 0 Å². The minimum Gasteiger partial charge on any atom is -0.316 e. The van der Waals surface area contributed by atoms with Crippen molar-refractivity contribution in [3.8, 4) is 0 Å². The Labute approximate surface area is 95.4 Å². The average molecular weight is 212 g/mol. The van der Waals surface area contributed by atoms with Crippen LogP contribution < -0.4 is 5.32 Å². The van der Waals surface area contributed by atoms with Crippen LogP contribution in [0.4, 0.5) is 0 Å². The normalized spacial score (nSPS) is 23.6. The first-order valence-electron chi connectivity index (χ1n) is 6.65. The van der Waals surface area contributed by atoms with Gasteiger partial charge >= 0.3 is 0 Å². The van der Waals surface area contributed by atoms with Gasteiger partial charge in [-0.15, -0.1) is 0 Å². The third-order valence-electron chi connectivity index (χ3n) is 3.29. The summed E-state index contributed by atoms with van der Waals surface area (Å²) in [5, 5.41) is 3.51. The van der Waals surface area contributed by atoms with E-state index in [2.05, 4.69) is 31.0 Å². The summed E-state index contributed by atoms with van der Waals surface area (Å²) in [6.45, 7) is 11.9. The van der Waals surface area contributed by atoms with Gasteiger partial charge in [0, 0.05) is 6.04 Å². The van der Waals surface area contributed by atoms with Crippen LogP contribution in [0.1, 0.15) is 46.5 Å². The zero-order valence-electron chi connectivity index (χ0n) is 10.8. The second-order valence-electron chi connectivity index (χ2n) is 5.33. The van der Waals surface area contributed by atoms with Gasteiger partial charge in [-0.05, 0) is 58.3 Å². The van der Waals surface area contributed by atoms with Crippen LogP contribution in [-0.4, -0.2) is 37.1 Å². The van der Waals surface area contributed by atoms with Crippen molar-refractivity contribution >= 4 is 0 Å². The number of hydrogen-bond donors (Lipinski definition) is 1. The molecule has 1 N–H and O–H groups in total. The first-order chi connectivity index (χ1) is 7.20. The van der Waals surface area contributed by atoms with E-state index >= 15 is 0 Å². The molecule has 1 rings (SSSR count). The fourth-order valence-electron chi connectivity index (χ4n) is 2.29. The predicted molar refractivity (Wildman–Crippen MR) is 67.2 cm³/mol. The fourth-order valence-corrected chi connectivity index (χ4v) is 2.29. The van der Waals surface area contributed by atoms with E-state index < -0.39 is 0 Å². The van der Waals surface area contributed by atoms with Gasteiger partial charge in [0.1, 0.15) is 0 Å². The molecule has 15 heavy (non-hydrogen) atoms. The van der Waals surface area contributed by atoms with E-state index in [4.69, 9.17) is 0 Å². The topological polar surface area (TPSA) is 15.3 Å². The van der Waals surface area contributed by atoms with Crippen molar-refractivity contribution in [3.63, 3.8) is 0 Å². The summed E-state index contributed by atoms with van der Waals surface area (Å²) in [7, 11) is 0. The van der Waals surface area contributed by atoms with Crippen LogP contribution in [0.15, 0.2) is 0 Å². The van der Waals surface area contributed by atoms with E-state index in [1.54, 1.807) is 0 Å². The molecule has 1 aliphatic heterocycles. The molecule has 0 radical (unpaired) electrons. The molecule has 0 bridgehead atoms. The van der Waals surface area contributed by atoms with Crippen molar-refractivity contribution in [1.82, 2.24) is 10.2 Å². The van der Waals surface area contributed by atoms with Crippen LogP contribution in [0.3, 0.4) is 0 Å². The van der Waals surface area contributed by atoms with Gasteiger partial charge in [0.25, 0.3) is 0 Å². The SMILES string of the molecule is CC(C)CNCCCN1CCCC[C@@H]1C. The van der Waals surface area contributed by atoms with Crippen molar-refractivity contribution in [2.75, 3.05) is 26.2 Å². The monoisotopic (exact) mass is 212 g/mol. The van der Waals surface area contributed by atoms with Crippen LogP contribution in [0.25, 0.3) is 0 Å². The summed E-state index contributed by atoms with van der Waals surface area (Å²) in [6, 6.07) is 0.823. The Kier molecular flexibility index (Phi) is 6.26. The summed E-state index contributed by atoms with van der Waals surface area (Å²) in [4.78, 5) is 2.65. The number of nitrogens with zero attached hydrogens (tertiary/aromatic N) is 1. The maximum absolute atomic E-state index is 3.51. The predicted octanol–water partition coefficient (Wildman–Crippen LogP) is 2.50. The third-order valence-corrected chi connectivity index (χ3v) is 3.29. The van der Waals surface area contributed by atoms with Gasteiger partial charge in [-0.25, -0.2) is 0 Å². The Morgan fingerprint density at radius 3 is 2.80 bits per heavy atom. The lowest BCUT2D eigenvalue weighted by Crippen LogP contribution is -2.39. The summed E-state index contributed by atoms with van der Waals surface area (Å²) in [5.41, 5.74) is 0. The van der Waals surface area contributed by atoms with Gasteiger partial charge in [-0.2, -0.15) is 0 Å². The Hall–Kier alpha value is -0.0800. The molecule has 1 saturated heterocycles. The highest BCUT2D eigenvalue weighted by Crippen LogP contribution is 2.15. The van der Waals surface area contributed by atoms with E-state index in [0.717, 1.165) is 18.5 Å². The first-order valence-corrected chi connectivity index (χ1v) is 6.65. The maximum atomic E-state index is 3.51. The molecule has 1 fully saturated rings. The summed E-state index contributed by atoms with van der Waals surface area (Å²) in [6.07, 6.45) is 5.55. The molecule has 0 spiro atoms. The van der Waals surface area contributed by atoms with E-state index in [9.17, 15) is 0 Å². The van der Waals surface area contributed by atoms with Crippen LogP contribution in [0.5, 0.6) is 0 Å². The minimum atomic E-state index is 0.777. The zero-order chi connectivity index (χ0) is 11.1. The number of rotatable bonds is 6. The molecule has 0 saturated carbocycles. The van der Waals surface area contributed by atoms with Crippen molar-refractivity contribution < 1.29 is 0 Å². The highest BCUT2D eigenvalue weighted by molar-refractivity contribution is 4.72. The lowest BCUT2D eigenvalue weighted by molar-refractivity contribution is 0.159. The summed E-state index contributed by atoms with van der Waals surface area (Å²) < 4.78 is 0. The molecule has 1 heterocycles. The minimum absolute atomic E-state index is 0.777. The fraction of sp³-hybridized carbons (Fsp3) is 1.00. The number of piperidine rings is 1. The smallest absolute Gasteiger partial charge is 0.00669 e. The van der Waals surface area contributed by atoms with Gasteiger partial charge in [0.05, 0.1) is 0 Å². The van der Waals surface area contributed by atoms with Crippen LogP contribution in [-0.2, 0) is 0 Å². The van der Waals surface area contributed by atoms with Crippen molar-refractivity contribution in [2.45, 2.75) is 52.5 Å². The van der Waals surface area contributed by atoms with Crippen molar-refractivity contribution in [3.05, 3.63) is 0 Å². The second-order valence-corrected chi connectivity index (χ2v) is 5.33. The molecular formula is C13H28N2.